The number of morpholine rings is 1. The molecular formula is C11H17N5O4. The molecule has 1 aromatic carbocycles. The van der Waals surface area contributed by atoms with Crippen molar-refractivity contribution >= 4 is 17.3 Å². The lowest BCUT2D eigenvalue weighted by atomic mass is 10.2. The maximum Gasteiger partial charge on any atom is 0.343 e. The largest absolute Gasteiger partial charge is 0.378 e. The van der Waals surface area contributed by atoms with Gasteiger partial charge in [0.25, 0.3) is 0 Å². The highest BCUT2D eigenvalue weighted by Gasteiger charge is 2.10. The van der Waals surface area contributed by atoms with Gasteiger partial charge in [0, 0.05) is 18.8 Å². The summed E-state index contributed by atoms with van der Waals surface area (Å²) in [5.74, 6) is 0.208. The number of hydrogen-bond donors (Lipinski definition) is 3. The first-order chi connectivity index (χ1) is 9.49. The highest BCUT2D eigenvalue weighted by atomic mass is 16.9. The molecule has 1 saturated heterocycles. The van der Waals surface area contributed by atoms with Crippen LogP contribution in [0.25, 0.3) is 0 Å². The Balaban J connectivity index is 0.000000444. The molecule has 0 unspecified atom stereocenters. The number of guanidine groups is 1. The minimum absolute atomic E-state index is 0.208. The van der Waals surface area contributed by atoms with Crippen molar-refractivity contribution in [2.75, 3.05) is 31.2 Å². The molecule has 1 aliphatic rings. The van der Waals surface area contributed by atoms with Gasteiger partial charge in [-0.1, -0.05) is 0 Å². The number of nitrogens with one attached hydrogen (secondary N) is 1. The molecule has 1 aromatic rings. The Morgan fingerprint density at radius 1 is 1.20 bits per heavy atom. The molecule has 0 bridgehead atoms. The summed E-state index contributed by atoms with van der Waals surface area (Å²) in [6.07, 6.45) is 0. The van der Waals surface area contributed by atoms with Gasteiger partial charge in [-0.2, -0.15) is 0 Å². The minimum Gasteiger partial charge on any atom is -0.378 e. The summed E-state index contributed by atoms with van der Waals surface area (Å²) in [5.41, 5.74) is 12.8. The molecule has 2 rings (SSSR count). The lowest BCUT2D eigenvalue weighted by molar-refractivity contribution is -0.402. The third-order valence-corrected chi connectivity index (χ3v) is 2.53. The van der Waals surface area contributed by atoms with Crippen LogP contribution in [-0.4, -0.2) is 37.3 Å². The number of nitrogens with two attached hydrogens (primary N) is 2. The Bertz CT molecular complexity index is 448. The average Bonchev–Trinajstić information content (AvgIpc) is 2.39. The number of ether oxygens (including phenoxy) is 1. The van der Waals surface area contributed by atoms with Crippen LogP contribution in [-0.2, 0) is 4.74 Å². The van der Waals surface area contributed by atoms with Gasteiger partial charge in [-0.15, -0.1) is 0 Å². The zero-order valence-electron chi connectivity index (χ0n) is 10.8. The summed E-state index contributed by atoms with van der Waals surface area (Å²) in [4.78, 5) is 13.4. The van der Waals surface area contributed by atoms with Crippen molar-refractivity contribution in [3.05, 3.63) is 39.6 Å². The number of nitrogens with zero attached hydrogens (tertiary/aromatic N) is 2. The molecule has 5 N–H and O–H groups in total. The van der Waals surface area contributed by atoms with Crippen LogP contribution in [0, 0.1) is 15.3 Å². The van der Waals surface area contributed by atoms with E-state index in [4.69, 9.17) is 31.5 Å². The predicted octanol–water partition coefficient (Wildman–Crippen LogP) is -1.73. The lowest BCUT2D eigenvalue weighted by Crippen LogP contribution is -2.72. The zero-order chi connectivity index (χ0) is 15.0. The Labute approximate surface area is 115 Å². The monoisotopic (exact) mass is 283 g/mol. The van der Waals surface area contributed by atoms with Crippen LogP contribution in [0.5, 0.6) is 0 Å². The van der Waals surface area contributed by atoms with Gasteiger partial charge in [-0.25, -0.2) is 4.99 Å². The van der Waals surface area contributed by atoms with E-state index < -0.39 is 5.09 Å². The molecule has 0 saturated carbocycles. The van der Waals surface area contributed by atoms with E-state index in [0.29, 0.717) is 0 Å². The third kappa shape index (κ3) is 5.87. The fraction of sp³-hybridized carbons (Fsp3) is 0.364. The predicted molar refractivity (Wildman–Crippen MR) is 73.8 cm³/mol. The van der Waals surface area contributed by atoms with Crippen molar-refractivity contribution in [3.63, 3.8) is 0 Å². The molecule has 1 heterocycles. The normalized spacial score (nSPS) is 13.9. The first kappa shape index (κ1) is 15.5. The zero-order valence-corrected chi connectivity index (χ0v) is 10.8. The van der Waals surface area contributed by atoms with Crippen molar-refractivity contribution in [1.29, 1.82) is 0 Å². The molecule has 0 radical (unpaired) electrons. The molecule has 0 amide bonds. The lowest BCUT2D eigenvalue weighted by Gasteiger charge is -2.28. The first-order valence-corrected chi connectivity index (χ1v) is 5.88. The second-order valence-corrected chi connectivity index (χ2v) is 3.95. The van der Waals surface area contributed by atoms with Crippen LogP contribution in [0.2, 0.25) is 0 Å². The molecule has 1 aliphatic heterocycles. The molecule has 0 aromatic heterocycles. The molecular weight excluding hydrogens is 266 g/mol. The average molecular weight is 283 g/mol. The van der Waals surface area contributed by atoms with Gasteiger partial charge in [0.15, 0.2) is 0 Å². The molecule has 20 heavy (non-hydrogen) atoms. The summed E-state index contributed by atoms with van der Waals surface area (Å²) in [6, 6.07) is 8.03. The number of benzene rings is 1. The van der Waals surface area contributed by atoms with E-state index in [1.807, 2.05) is 12.1 Å². The minimum atomic E-state index is -1.75. The first-order valence-electron chi connectivity index (χ1n) is 5.88. The van der Waals surface area contributed by atoms with Gasteiger partial charge in [0.05, 0.1) is 24.0 Å². The summed E-state index contributed by atoms with van der Waals surface area (Å²) in [7, 11) is 0. The molecule has 9 heteroatoms. The van der Waals surface area contributed by atoms with Crippen LogP contribution in [0.4, 0.5) is 11.4 Å². The molecule has 0 spiro atoms. The van der Waals surface area contributed by atoms with Crippen LogP contribution in [0.1, 0.15) is 0 Å². The fourth-order valence-corrected chi connectivity index (χ4v) is 1.74. The quantitative estimate of drug-likeness (QED) is 0.253. The topological polar surface area (TPSA) is 145 Å². The van der Waals surface area contributed by atoms with E-state index in [-0.39, 0.29) is 5.96 Å². The Morgan fingerprint density at radius 2 is 1.70 bits per heavy atom. The van der Waals surface area contributed by atoms with E-state index in [0.717, 1.165) is 32.0 Å². The van der Waals surface area contributed by atoms with E-state index in [9.17, 15) is 0 Å². The van der Waals surface area contributed by atoms with Crippen molar-refractivity contribution in [2.24, 2.45) is 11.5 Å². The highest BCUT2D eigenvalue weighted by molar-refractivity contribution is 5.70. The summed E-state index contributed by atoms with van der Waals surface area (Å²) >= 11 is 0. The van der Waals surface area contributed by atoms with Gasteiger partial charge in [0.2, 0.25) is 0 Å². The molecule has 110 valence electrons. The molecule has 0 aliphatic carbocycles. The van der Waals surface area contributed by atoms with Crippen LogP contribution in [0.3, 0.4) is 0 Å². The second-order valence-electron chi connectivity index (χ2n) is 3.95. The molecule has 9 nitrogen and oxygen atoms in total. The number of anilines is 1. The summed E-state index contributed by atoms with van der Waals surface area (Å²) in [5, 5.41) is 14.8. The molecule has 0 atom stereocenters. The van der Waals surface area contributed by atoms with Crippen molar-refractivity contribution in [3.8, 4) is 0 Å². The van der Waals surface area contributed by atoms with Gasteiger partial charge >= 0.3 is 5.96 Å². The van der Waals surface area contributed by atoms with Gasteiger partial charge in [-0.3, -0.25) is 11.5 Å². The van der Waals surface area contributed by atoms with E-state index in [1.165, 1.54) is 5.69 Å². The summed E-state index contributed by atoms with van der Waals surface area (Å²) < 4.78 is 5.31. The van der Waals surface area contributed by atoms with Gasteiger partial charge in [-0.05, 0) is 24.3 Å². The van der Waals surface area contributed by atoms with Crippen LogP contribution >= 0.6 is 0 Å². The number of rotatable bonds is 2. The highest BCUT2D eigenvalue weighted by Crippen LogP contribution is 2.16. The Morgan fingerprint density at radius 3 is 2.15 bits per heavy atom. The van der Waals surface area contributed by atoms with Crippen molar-refractivity contribution < 1.29 is 14.8 Å². The fourth-order valence-electron chi connectivity index (χ4n) is 1.74. The maximum atomic E-state index is 8.25. The van der Waals surface area contributed by atoms with Crippen LogP contribution in [0.15, 0.2) is 24.3 Å². The van der Waals surface area contributed by atoms with Crippen LogP contribution < -0.4 is 21.4 Å². The SMILES string of the molecule is NC(N)=[NH+]c1ccc(N2CCOCC2)cc1.O=[N+]([O-])[O-]. The molecule has 1 fully saturated rings. The Hall–Kier alpha value is -2.55. The van der Waals surface area contributed by atoms with E-state index in [2.05, 4.69) is 22.0 Å². The van der Waals surface area contributed by atoms with Gasteiger partial charge < -0.3 is 25.0 Å². The smallest absolute Gasteiger partial charge is 0.343 e. The standard InChI is InChI=1S/C11H16N4O.NO3/c12-11(13)14-9-1-3-10(4-2-9)15-5-7-16-8-6-15;2-1(3)4/h1-4H,5-8H2,(H4,12,13,14);/q;-1/p+1. The van der Waals surface area contributed by atoms with Crippen molar-refractivity contribution in [2.45, 2.75) is 0 Å². The number of hydrogen-bond acceptors (Lipinski definition) is 5. The Kier molecular flexibility index (Phi) is 6.04. The van der Waals surface area contributed by atoms with Crippen molar-refractivity contribution in [1.82, 2.24) is 0 Å². The second kappa shape index (κ2) is 7.79. The van der Waals surface area contributed by atoms with E-state index >= 15 is 0 Å². The van der Waals surface area contributed by atoms with Gasteiger partial charge in [0.1, 0.15) is 0 Å². The van der Waals surface area contributed by atoms with E-state index in [1.54, 1.807) is 0 Å². The maximum absolute atomic E-state index is 8.25. The summed E-state index contributed by atoms with van der Waals surface area (Å²) in [6.45, 7) is 3.48. The third-order valence-electron chi connectivity index (χ3n) is 2.53.